The van der Waals surface area contributed by atoms with E-state index in [9.17, 15) is 24.3 Å². The minimum absolute atomic E-state index is 0.0487. The number of carbonyl (C=O) groups is 4. The quantitative estimate of drug-likeness (QED) is 0.0945. The lowest BCUT2D eigenvalue weighted by atomic mass is 9.87. The van der Waals surface area contributed by atoms with E-state index in [0.29, 0.717) is 56.5 Å². The van der Waals surface area contributed by atoms with Crippen LogP contribution in [0.4, 0.5) is 0 Å². The molecule has 0 aromatic heterocycles. The van der Waals surface area contributed by atoms with Crippen LogP contribution in [-0.4, -0.2) is 54.5 Å². The first-order valence-electron chi connectivity index (χ1n) is 13.5. The molecule has 0 heterocycles. The lowest BCUT2D eigenvalue weighted by molar-refractivity contribution is -0.143. The Morgan fingerprint density at radius 3 is 2.25 bits per heavy atom. The van der Waals surface area contributed by atoms with Gasteiger partial charge in [0.2, 0.25) is 0 Å². The van der Waals surface area contributed by atoms with Crippen LogP contribution in [0.3, 0.4) is 0 Å². The number of hydrogen-bond donors (Lipinski definition) is 1. The molecule has 3 rings (SSSR count). The Hall–Kier alpha value is -3.59. The topological polar surface area (TPSA) is 125 Å². The number of alkyl halides is 1. The molecule has 0 saturated heterocycles. The lowest BCUT2D eigenvalue weighted by Crippen LogP contribution is -2.30. The number of benzene rings is 2. The molecule has 0 spiro atoms. The van der Waals surface area contributed by atoms with Gasteiger partial charge in [-0.15, -0.1) is 11.6 Å². The molecule has 216 valence electrons. The zero-order chi connectivity index (χ0) is 28.7. The summed E-state index contributed by atoms with van der Waals surface area (Å²) in [6.07, 6.45) is 6.11. The Kier molecular flexibility index (Phi) is 12.8. The molecule has 1 saturated carbocycles. The maximum absolute atomic E-state index is 12.6. The highest BCUT2D eigenvalue weighted by Gasteiger charge is 2.30. The molecule has 2 aromatic rings. The Balaban J connectivity index is 1.31. The third-order valence-corrected chi connectivity index (χ3v) is 6.77. The summed E-state index contributed by atoms with van der Waals surface area (Å²) < 4.78 is 21.8. The van der Waals surface area contributed by atoms with E-state index in [4.69, 9.17) is 30.5 Å². The number of carbonyl (C=O) groups excluding carboxylic acids is 4. The maximum atomic E-state index is 12.6. The standard InChI is InChI=1S/C30H35ClO9/c31-16-15-28(34)38-18-4-2-1-3-17-37-24-9-5-21(6-10-24)29(35)39-25-11-7-22(8-12-25)30(36)40-26-13-14-27(33)23(19-26)20-32/h5-6,9-10,13-14,19-20,22,25,33H,1-4,7-8,11-12,15-18H2/t22-,25-. The third kappa shape index (κ3) is 10.2. The fourth-order valence-electron chi connectivity index (χ4n) is 4.30. The predicted molar refractivity (Wildman–Crippen MR) is 147 cm³/mol. The summed E-state index contributed by atoms with van der Waals surface area (Å²) in [6.45, 7) is 0.958. The summed E-state index contributed by atoms with van der Waals surface area (Å²) in [5, 5.41) is 9.58. The first-order chi connectivity index (χ1) is 19.4. The Bertz CT molecular complexity index is 1120. The van der Waals surface area contributed by atoms with Crippen molar-refractivity contribution >= 4 is 35.8 Å². The molecule has 10 heteroatoms. The Labute approximate surface area is 238 Å². The number of esters is 3. The van der Waals surface area contributed by atoms with Gasteiger partial charge in [0.05, 0.1) is 36.7 Å². The van der Waals surface area contributed by atoms with Gasteiger partial charge < -0.3 is 24.1 Å². The van der Waals surface area contributed by atoms with Crippen LogP contribution in [0.2, 0.25) is 0 Å². The van der Waals surface area contributed by atoms with E-state index >= 15 is 0 Å². The summed E-state index contributed by atoms with van der Waals surface area (Å²) in [4.78, 5) is 47.3. The molecule has 9 nitrogen and oxygen atoms in total. The van der Waals surface area contributed by atoms with Crippen molar-refractivity contribution in [1.82, 2.24) is 0 Å². The number of phenolic OH excluding ortho intramolecular Hbond substituents is 1. The van der Waals surface area contributed by atoms with Gasteiger partial charge >= 0.3 is 17.9 Å². The number of rotatable bonds is 15. The van der Waals surface area contributed by atoms with Crippen molar-refractivity contribution < 1.29 is 43.2 Å². The minimum atomic E-state index is -0.421. The number of phenols is 1. The monoisotopic (exact) mass is 574 g/mol. The van der Waals surface area contributed by atoms with E-state index in [-0.39, 0.29) is 47.4 Å². The maximum Gasteiger partial charge on any atom is 0.338 e. The van der Waals surface area contributed by atoms with Gasteiger partial charge in [-0.1, -0.05) is 0 Å². The first kappa shape index (κ1) is 30.9. The average molecular weight is 575 g/mol. The van der Waals surface area contributed by atoms with E-state index in [1.165, 1.54) is 18.2 Å². The van der Waals surface area contributed by atoms with E-state index in [1.54, 1.807) is 24.3 Å². The number of ether oxygens (including phenoxy) is 4. The number of hydrogen-bond acceptors (Lipinski definition) is 9. The van der Waals surface area contributed by atoms with E-state index in [1.807, 2.05) is 0 Å². The number of halogens is 1. The molecule has 40 heavy (non-hydrogen) atoms. The van der Waals surface area contributed by atoms with Gasteiger partial charge in [-0.2, -0.15) is 0 Å². The second kappa shape index (κ2) is 16.5. The summed E-state index contributed by atoms with van der Waals surface area (Å²) in [7, 11) is 0. The molecule has 1 fully saturated rings. The largest absolute Gasteiger partial charge is 0.507 e. The average Bonchev–Trinajstić information content (AvgIpc) is 2.96. The van der Waals surface area contributed by atoms with Gasteiger partial charge in [0.15, 0.2) is 6.29 Å². The van der Waals surface area contributed by atoms with Gasteiger partial charge in [0, 0.05) is 5.88 Å². The SMILES string of the molecule is O=Cc1cc(OC(=O)[C@H]2CC[C@H](OC(=O)c3ccc(OCCCCCCOC(=O)CCCl)cc3)CC2)ccc1O. The first-order valence-corrected chi connectivity index (χ1v) is 14.1. The van der Waals surface area contributed by atoms with Crippen molar-refractivity contribution in [3.05, 3.63) is 53.6 Å². The van der Waals surface area contributed by atoms with E-state index < -0.39 is 11.9 Å². The van der Waals surface area contributed by atoms with Crippen molar-refractivity contribution in [2.45, 2.75) is 63.9 Å². The van der Waals surface area contributed by atoms with Crippen LogP contribution in [0.15, 0.2) is 42.5 Å². The number of aromatic hydroxyl groups is 1. The normalized spacial score (nSPS) is 16.5. The van der Waals surface area contributed by atoms with Gasteiger partial charge in [-0.05, 0) is 93.8 Å². The molecule has 0 unspecified atom stereocenters. The second-order valence-corrected chi connectivity index (χ2v) is 9.96. The Morgan fingerprint density at radius 1 is 0.900 bits per heavy atom. The van der Waals surface area contributed by atoms with Crippen molar-refractivity contribution in [3.63, 3.8) is 0 Å². The molecular weight excluding hydrogens is 540 g/mol. The van der Waals surface area contributed by atoms with Gasteiger partial charge in [-0.25, -0.2) is 4.79 Å². The second-order valence-electron chi connectivity index (χ2n) is 9.59. The highest BCUT2D eigenvalue weighted by molar-refractivity contribution is 6.18. The van der Waals surface area contributed by atoms with Crippen LogP contribution in [0, 0.1) is 5.92 Å². The smallest absolute Gasteiger partial charge is 0.338 e. The summed E-state index contributed by atoms with van der Waals surface area (Å²) in [6, 6.07) is 10.9. The fraction of sp³-hybridized carbons (Fsp3) is 0.467. The van der Waals surface area contributed by atoms with Crippen molar-refractivity contribution in [1.29, 1.82) is 0 Å². The van der Waals surface area contributed by atoms with Crippen LogP contribution in [0.5, 0.6) is 17.2 Å². The molecule has 1 aliphatic carbocycles. The van der Waals surface area contributed by atoms with Crippen LogP contribution in [0.1, 0.15) is 78.5 Å². The van der Waals surface area contributed by atoms with Crippen molar-refractivity contribution in [2.75, 3.05) is 19.1 Å². The highest BCUT2D eigenvalue weighted by atomic mass is 35.5. The summed E-state index contributed by atoms with van der Waals surface area (Å²) in [5.74, 6) is -0.471. The van der Waals surface area contributed by atoms with Gasteiger partial charge in [0.1, 0.15) is 23.4 Å². The highest BCUT2D eigenvalue weighted by Crippen LogP contribution is 2.29. The van der Waals surface area contributed by atoms with Crippen LogP contribution >= 0.6 is 11.6 Å². The molecule has 0 atom stereocenters. The number of aldehydes is 1. The Morgan fingerprint density at radius 2 is 1.57 bits per heavy atom. The predicted octanol–water partition coefficient (Wildman–Crippen LogP) is 5.64. The zero-order valence-electron chi connectivity index (χ0n) is 22.3. The molecule has 1 aliphatic rings. The van der Waals surface area contributed by atoms with Crippen LogP contribution in [-0.2, 0) is 19.1 Å². The fourth-order valence-corrected chi connectivity index (χ4v) is 4.45. The summed E-state index contributed by atoms with van der Waals surface area (Å²) in [5.41, 5.74) is 0.475. The molecule has 0 radical (unpaired) electrons. The van der Waals surface area contributed by atoms with Gasteiger partial charge in [0.25, 0.3) is 0 Å². The molecular formula is C30H35ClO9. The van der Waals surface area contributed by atoms with Crippen LogP contribution in [0.25, 0.3) is 0 Å². The molecule has 2 aromatic carbocycles. The third-order valence-electron chi connectivity index (χ3n) is 6.58. The van der Waals surface area contributed by atoms with Gasteiger partial charge in [-0.3, -0.25) is 14.4 Å². The molecule has 0 bridgehead atoms. The molecule has 1 N–H and O–H groups in total. The summed E-state index contributed by atoms with van der Waals surface area (Å²) >= 11 is 5.49. The molecule has 0 amide bonds. The van der Waals surface area contributed by atoms with E-state index in [0.717, 1.165) is 25.7 Å². The van der Waals surface area contributed by atoms with Crippen molar-refractivity contribution in [3.8, 4) is 17.2 Å². The number of unbranched alkanes of at least 4 members (excludes halogenated alkanes) is 3. The molecule has 0 aliphatic heterocycles. The minimum Gasteiger partial charge on any atom is -0.507 e. The van der Waals surface area contributed by atoms with E-state index in [2.05, 4.69) is 0 Å². The zero-order valence-corrected chi connectivity index (χ0v) is 23.1. The lowest BCUT2D eigenvalue weighted by Gasteiger charge is -2.27. The van der Waals surface area contributed by atoms with Crippen LogP contribution < -0.4 is 9.47 Å². The van der Waals surface area contributed by atoms with Crippen molar-refractivity contribution in [2.24, 2.45) is 5.92 Å².